The smallest absolute Gasteiger partial charge is 0.154 e. The molecule has 0 fully saturated rings. The molecule has 8 heteroatoms. The van der Waals surface area contributed by atoms with Gasteiger partial charge in [-0.2, -0.15) is 0 Å². The number of hydrogen-bond donors (Lipinski definition) is 0. The molecule has 0 saturated carbocycles. The maximum Gasteiger partial charge on any atom is 0.154 e. The van der Waals surface area contributed by atoms with Gasteiger partial charge >= 0.3 is 0 Å². The van der Waals surface area contributed by atoms with E-state index in [1.807, 2.05) is 42.6 Å². The van der Waals surface area contributed by atoms with E-state index in [0.29, 0.717) is 0 Å². The van der Waals surface area contributed by atoms with E-state index in [-0.39, 0.29) is 24.8 Å². The normalized spacial score (nSPS) is 9.88. The van der Waals surface area contributed by atoms with Gasteiger partial charge in [0.2, 0.25) is 0 Å². The fourth-order valence-electron chi connectivity index (χ4n) is 2.20. The maximum atomic E-state index is 5.61. The van der Waals surface area contributed by atoms with Crippen LogP contribution in [0, 0.1) is 0 Å². The molecule has 0 aromatic carbocycles. The number of rotatable bonds is 8. The molecular weight excluding hydrogens is 411 g/mol. The highest BCUT2D eigenvalue weighted by Gasteiger charge is 2.12. The average Bonchev–Trinajstić information content (AvgIpc) is 3.14. The summed E-state index contributed by atoms with van der Waals surface area (Å²) in [5, 5.41) is 0.984. The lowest BCUT2D eigenvalue weighted by Crippen LogP contribution is -1.97. The molecule has 3 rings (SSSR count). The van der Waals surface area contributed by atoms with Crippen LogP contribution in [0.1, 0.15) is 11.5 Å². The van der Waals surface area contributed by atoms with E-state index < -0.39 is 0 Å². The van der Waals surface area contributed by atoms with Crippen LogP contribution < -0.4 is 4.74 Å². The van der Waals surface area contributed by atoms with Gasteiger partial charge in [-0.3, -0.25) is 4.98 Å². The Morgan fingerprint density at radius 1 is 1.00 bits per heavy atom. The van der Waals surface area contributed by atoms with Gasteiger partial charge in [-0.25, -0.2) is 4.98 Å². The number of aryl methyl sites for hydroxylation is 1. The van der Waals surface area contributed by atoms with Gasteiger partial charge in [0.15, 0.2) is 5.75 Å². The van der Waals surface area contributed by atoms with Crippen LogP contribution in [0.3, 0.4) is 0 Å². The lowest BCUT2D eigenvalue weighted by Gasteiger charge is -2.12. The van der Waals surface area contributed by atoms with Gasteiger partial charge in [-0.05, 0) is 30.3 Å². The Kier molecular flexibility index (Phi) is 10.6. The Morgan fingerprint density at radius 2 is 1.88 bits per heavy atom. The molecule has 3 heterocycles. The molecule has 0 atom stereocenters. The minimum atomic E-state index is 0. The maximum absolute atomic E-state index is 5.61. The van der Waals surface area contributed by atoms with Crippen LogP contribution in [0.2, 0.25) is 0 Å². The van der Waals surface area contributed by atoms with E-state index in [0.717, 1.165) is 45.1 Å². The lowest BCUT2D eigenvalue weighted by molar-refractivity contribution is 0.398. The summed E-state index contributed by atoms with van der Waals surface area (Å²) in [6.07, 6.45) is 6.24. The number of halogens is 2. The summed E-state index contributed by atoms with van der Waals surface area (Å²) in [6.45, 7) is 0. The van der Waals surface area contributed by atoms with Crippen LogP contribution in [0.5, 0.6) is 5.75 Å². The summed E-state index contributed by atoms with van der Waals surface area (Å²) < 4.78 is 11.0. The summed E-state index contributed by atoms with van der Waals surface area (Å²) in [7, 11) is 1.70. The zero-order chi connectivity index (χ0) is 16.6. The molecule has 3 aromatic rings. The van der Waals surface area contributed by atoms with Crippen molar-refractivity contribution in [2.24, 2.45) is 0 Å². The van der Waals surface area contributed by atoms with Crippen LogP contribution in [0.15, 0.2) is 69.4 Å². The van der Waals surface area contributed by atoms with Crippen LogP contribution in [0.4, 0.5) is 0 Å². The van der Waals surface area contributed by atoms with E-state index >= 15 is 0 Å². The van der Waals surface area contributed by atoms with E-state index in [4.69, 9.17) is 9.15 Å². The number of methoxy groups -OCH3 is 1. The van der Waals surface area contributed by atoms with Gasteiger partial charge < -0.3 is 9.15 Å². The Balaban J connectivity index is 0.00000169. The minimum Gasteiger partial charge on any atom is -0.494 e. The summed E-state index contributed by atoms with van der Waals surface area (Å²) in [5.74, 6) is 3.51. The highest BCUT2D eigenvalue weighted by Crippen LogP contribution is 2.34. The number of nitrogens with zero attached hydrogens (tertiary/aromatic N) is 2. The van der Waals surface area contributed by atoms with E-state index in [9.17, 15) is 0 Å². The molecule has 0 bridgehead atoms. The quantitative estimate of drug-likeness (QED) is 0.436. The van der Waals surface area contributed by atoms with Crippen LogP contribution in [-0.4, -0.2) is 22.8 Å². The molecule has 0 aliphatic carbocycles. The molecule has 0 radical (unpaired) electrons. The third-order valence-electron chi connectivity index (χ3n) is 3.33. The Hall–Kier alpha value is -1.34. The molecule has 0 amide bonds. The number of hydrogen-bond acceptors (Lipinski definition) is 6. The van der Waals surface area contributed by atoms with E-state index in [1.165, 1.54) is 0 Å². The molecule has 0 unspecified atom stereocenters. The number of furan rings is 1. The van der Waals surface area contributed by atoms with Crippen molar-refractivity contribution in [3.05, 3.63) is 66.5 Å². The second-order valence-corrected chi connectivity index (χ2v) is 7.06. The zero-order valence-corrected chi connectivity index (χ0v) is 17.4. The fraction of sp³-hybridized carbons (Fsp3) is 0.222. The first-order valence-corrected chi connectivity index (χ1v) is 9.55. The number of thioether (sulfide) groups is 2. The van der Waals surface area contributed by atoms with Gasteiger partial charge in [-0.15, -0.1) is 36.6 Å². The van der Waals surface area contributed by atoms with Gasteiger partial charge in [0.25, 0.3) is 0 Å². The number of ether oxygens (including phenoxy) is 1. The van der Waals surface area contributed by atoms with Gasteiger partial charge in [0.1, 0.15) is 5.76 Å². The summed E-state index contributed by atoms with van der Waals surface area (Å²) >= 11 is 3.41. The molecule has 140 valence electrons. The number of aromatic nitrogens is 2. The monoisotopic (exact) mass is 430 g/mol. The highest BCUT2D eigenvalue weighted by atomic mass is 35.5. The topological polar surface area (TPSA) is 48.2 Å². The predicted octanol–water partition coefficient (Wildman–Crippen LogP) is 5.55. The van der Waals surface area contributed by atoms with Crippen LogP contribution in [0.25, 0.3) is 0 Å². The van der Waals surface area contributed by atoms with Crippen molar-refractivity contribution in [3.8, 4) is 5.75 Å². The molecule has 0 aliphatic rings. The summed E-state index contributed by atoms with van der Waals surface area (Å²) in [4.78, 5) is 9.91. The van der Waals surface area contributed by atoms with Crippen molar-refractivity contribution >= 4 is 48.3 Å². The Labute approximate surface area is 174 Å². The third kappa shape index (κ3) is 6.43. The molecule has 0 aliphatic heterocycles. The van der Waals surface area contributed by atoms with Crippen molar-refractivity contribution < 1.29 is 9.15 Å². The van der Waals surface area contributed by atoms with Gasteiger partial charge in [0.05, 0.1) is 29.0 Å². The first kappa shape index (κ1) is 22.7. The zero-order valence-electron chi connectivity index (χ0n) is 14.2. The van der Waals surface area contributed by atoms with Crippen molar-refractivity contribution in [3.63, 3.8) is 0 Å². The minimum absolute atomic E-state index is 0. The average molecular weight is 431 g/mol. The SMILES string of the molecule is COc1c(SCCc2ccco2)ccnc1CSc1ccccn1.Cl.Cl. The second kappa shape index (κ2) is 12.1. The summed E-state index contributed by atoms with van der Waals surface area (Å²) in [5.41, 5.74) is 0.941. The third-order valence-corrected chi connectivity index (χ3v) is 5.32. The van der Waals surface area contributed by atoms with Crippen LogP contribution >= 0.6 is 48.3 Å². The van der Waals surface area contributed by atoms with E-state index in [2.05, 4.69) is 9.97 Å². The summed E-state index contributed by atoms with van der Waals surface area (Å²) in [6, 6.07) is 11.8. The second-order valence-electron chi connectivity index (χ2n) is 4.92. The number of pyridine rings is 2. The Morgan fingerprint density at radius 3 is 2.58 bits per heavy atom. The first-order chi connectivity index (χ1) is 11.9. The standard InChI is InChI=1S/C18H18N2O2S2.2ClH/c1-21-18-15(13-24-17-6-2-3-9-20-17)19-10-7-16(18)23-12-8-14-5-4-11-22-14;;/h2-7,9-11H,8,12-13H2,1H3;2*1H. The van der Waals surface area contributed by atoms with Crippen molar-refractivity contribution in [1.29, 1.82) is 0 Å². The van der Waals surface area contributed by atoms with Crippen molar-refractivity contribution in [1.82, 2.24) is 9.97 Å². The van der Waals surface area contributed by atoms with Gasteiger partial charge in [0, 0.05) is 30.3 Å². The largest absolute Gasteiger partial charge is 0.494 e. The predicted molar refractivity (Wildman–Crippen MR) is 112 cm³/mol. The molecule has 26 heavy (non-hydrogen) atoms. The van der Waals surface area contributed by atoms with E-state index in [1.54, 1.807) is 43.1 Å². The highest BCUT2D eigenvalue weighted by molar-refractivity contribution is 7.99. The molecule has 0 spiro atoms. The molecule has 0 saturated heterocycles. The van der Waals surface area contributed by atoms with Crippen molar-refractivity contribution in [2.45, 2.75) is 22.1 Å². The van der Waals surface area contributed by atoms with Crippen molar-refractivity contribution in [2.75, 3.05) is 12.9 Å². The molecule has 3 aromatic heterocycles. The first-order valence-electron chi connectivity index (χ1n) is 7.57. The fourth-order valence-corrected chi connectivity index (χ4v) is 4.01. The lowest BCUT2D eigenvalue weighted by atomic mass is 10.3. The van der Waals surface area contributed by atoms with Gasteiger partial charge in [-0.1, -0.05) is 17.8 Å². The molecule has 0 N–H and O–H groups in total. The molecule has 4 nitrogen and oxygen atoms in total. The van der Waals surface area contributed by atoms with Crippen LogP contribution in [-0.2, 0) is 12.2 Å². The molecular formula is C18H20Cl2N2O2S2. The Bertz CT molecular complexity index is 759.